The van der Waals surface area contributed by atoms with Crippen molar-refractivity contribution in [3.63, 3.8) is 0 Å². The van der Waals surface area contributed by atoms with E-state index in [-0.39, 0.29) is 11.9 Å². The Bertz CT molecular complexity index is 389. The van der Waals surface area contributed by atoms with Crippen LogP contribution in [-0.2, 0) is 20.7 Å². The molecule has 0 aliphatic carbocycles. The molecule has 18 heavy (non-hydrogen) atoms. The Morgan fingerprint density at radius 1 is 1.22 bits per heavy atom. The monoisotopic (exact) mass is 249 g/mol. The van der Waals surface area contributed by atoms with Crippen LogP contribution >= 0.6 is 0 Å². The molecule has 4 heteroatoms. The summed E-state index contributed by atoms with van der Waals surface area (Å²) in [5.41, 5.74) is 0.993. The lowest BCUT2D eigenvalue weighted by Crippen LogP contribution is -2.43. The van der Waals surface area contributed by atoms with Gasteiger partial charge >= 0.3 is 5.97 Å². The van der Waals surface area contributed by atoms with E-state index in [1.807, 2.05) is 30.3 Å². The highest BCUT2D eigenvalue weighted by Crippen LogP contribution is 2.05. The summed E-state index contributed by atoms with van der Waals surface area (Å²) >= 11 is 0. The first-order chi connectivity index (χ1) is 8.67. The molecule has 0 fully saturated rings. The van der Waals surface area contributed by atoms with Crippen molar-refractivity contribution in [2.75, 3.05) is 6.61 Å². The van der Waals surface area contributed by atoms with Gasteiger partial charge in [-0.15, -0.1) is 0 Å². The highest BCUT2D eigenvalue weighted by atomic mass is 16.5. The second-order valence-corrected chi connectivity index (χ2v) is 3.92. The molecule has 0 aliphatic heterocycles. The highest BCUT2D eigenvalue weighted by Gasteiger charge is 2.21. The summed E-state index contributed by atoms with van der Waals surface area (Å²) in [7, 11) is 0. The van der Waals surface area contributed by atoms with E-state index in [1.165, 1.54) is 0 Å². The molecule has 1 unspecified atom stereocenters. The minimum atomic E-state index is -0.611. The van der Waals surface area contributed by atoms with Gasteiger partial charge in [-0.25, -0.2) is 4.79 Å². The lowest BCUT2D eigenvalue weighted by molar-refractivity contribution is -0.147. The number of hydrogen-bond donors (Lipinski definition) is 1. The van der Waals surface area contributed by atoms with Gasteiger partial charge in [0.15, 0.2) is 0 Å². The van der Waals surface area contributed by atoms with E-state index in [9.17, 15) is 9.59 Å². The number of hydrogen-bond acceptors (Lipinski definition) is 3. The van der Waals surface area contributed by atoms with Gasteiger partial charge in [0.25, 0.3) is 0 Å². The van der Waals surface area contributed by atoms with Crippen molar-refractivity contribution in [2.45, 2.75) is 32.7 Å². The zero-order chi connectivity index (χ0) is 13.4. The van der Waals surface area contributed by atoms with Gasteiger partial charge in [-0.05, 0) is 12.5 Å². The van der Waals surface area contributed by atoms with E-state index in [0.717, 1.165) is 5.56 Å². The molecule has 4 nitrogen and oxygen atoms in total. The van der Waals surface area contributed by atoms with Crippen molar-refractivity contribution >= 4 is 11.9 Å². The molecule has 0 bridgehead atoms. The number of amides is 1. The van der Waals surface area contributed by atoms with Crippen molar-refractivity contribution in [2.24, 2.45) is 0 Å². The maximum Gasteiger partial charge on any atom is 0.328 e. The fourth-order valence-electron chi connectivity index (χ4n) is 1.58. The molecule has 1 aromatic rings. The number of ether oxygens (including phenoxy) is 1. The first kappa shape index (κ1) is 14.2. The maximum absolute atomic E-state index is 11.8. The van der Waals surface area contributed by atoms with Crippen LogP contribution in [0.3, 0.4) is 0 Å². The Balaban J connectivity index is 2.71. The first-order valence-electron chi connectivity index (χ1n) is 6.17. The quantitative estimate of drug-likeness (QED) is 0.780. The SMILES string of the molecule is CCOC(=O)C(Cc1ccccc1)NC(=O)CC. The molecule has 0 saturated heterocycles. The Kier molecular flexibility index (Phi) is 5.91. The summed E-state index contributed by atoms with van der Waals surface area (Å²) in [6.07, 6.45) is 0.802. The predicted molar refractivity (Wildman–Crippen MR) is 69.0 cm³/mol. The van der Waals surface area contributed by atoms with E-state index in [2.05, 4.69) is 5.32 Å². The van der Waals surface area contributed by atoms with E-state index in [0.29, 0.717) is 19.4 Å². The van der Waals surface area contributed by atoms with Crippen LogP contribution in [0.5, 0.6) is 0 Å². The largest absolute Gasteiger partial charge is 0.464 e. The van der Waals surface area contributed by atoms with Gasteiger partial charge in [-0.1, -0.05) is 37.3 Å². The van der Waals surface area contributed by atoms with Gasteiger partial charge in [0, 0.05) is 12.8 Å². The molecule has 0 spiro atoms. The molecule has 0 aliphatic rings. The molecular weight excluding hydrogens is 230 g/mol. The third-order valence-electron chi connectivity index (χ3n) is 2.51. The number of nitrogens with one attached hydrogen (secondary N) is 1. The molecule has 1 amide bonds. The van der Waals surface area contributed by atoms with Gasteiger partial charge < -0.3 is 10.1 Å². The van der Waals surface area contributed by atoms with Crippen LogP contribution in [0, 0.1) is 0 Å². The molecule has 0 saturated carbocycles. The van der Waals surface area contributed by atoms with Crippen molar-refractivity contribution in [1.82, 2.24) is 5.32 Å². The number of esters is 1. The third-order valence-corrected chi connectivity index (χ3v) is 2.51. The van der Waals surface area contributed by atoms with Crippen molar-refractivity contribution < 1.29 is 14.3 Å². The van der Waals surface area contributed by atoms with Gasteiger partial charge in [0.1, 0.15) is 6.04 Å². The molecule has 98 valence electrons. The van der Waals surface area contributed by atoms with Gasteiger partial charge in [0.05, 0.1) is 6.61 Å². The number of carbonyl (C=O) groups is 2. The average molecular weight is 249 g/mol. The Morgan fingerprint density at radius 3 is 2.44 bits per heavy atom. The highest BCUT2D eigenvalue weighted by molar-refractivity contribution is 5.84. The summed E-state index contributed by atoms with van der Waals surface area (Å²) in [4.78, 5) is 23.2. The fraction of sp³-hybridized carbons (Fsp3) is 0.429. The van der Waals surface area contributed by atoms with Crippen LogP contribution in [0.15, 0.2) is 30.3 Å². The normalized spacial score (nSPS) is 11.7. The Labute approximate surface area is 107 Å². The zero-order valence-corrected chi connectivity index (χ0v) is 10.8. The first-order valence-corrected chi connectivity index (χ1v) is 6.17. The molecule has 1 rings (SSSR count). The topological polar surface area (TPSA) is 55.4 Å². The number of carbonyl (C=O) groups excluding carboxylic acids is 2. The van der Waals surface area contributed by atoms with Crippen LogP contribution in [0.1, 0.15) is 25.8 Å². The fourth-order valence-corrected chi connectivity index (χ4v) is 1.58. The minimum Gasteiger partial charge on any atom is -0.464 e. The molecule has 0 heterocycles. The summed E-state index contributed by atoms with van der Waals surface area (Å²) in [5, 5.41) is 2.69. The molecule has 0 radical (unpaired) electrons. The summed E-state index contributed by atoms with van der Waals surface area (Å²) in [6.45, 7) is 3.81. The minimum absolute atomic E-state index is 0.149. The Hall–Kier alpha value is -1.84. The number of rotatable bonds is 6. The standard InChI is InChI=1S/C14H19NO3/c1-3-13(16)15-12(14(17)18-4-2)10-11-8-6-5-7-9-11/h5-9,12H,3-4,10H2,1-2H3,(H,15,16). The van der Waals surface area contributed by atoms with Crippen molar-refractivity contribution in [1.29, 1.82) is 0 Å². The van der Waals surface area contributed by atoms with Crippen LogP contribution in [0.4, 0.5) is 0 Å². The molecule has 0 aromatic heterocycles. The lowest BCUT2D eigenvalue weighted by atomic mass is 10.1. The summed E-state index contributed by atoms with van der Waals surface area (Å²) < 4.78 is 4.97. The molecule has 1 N–H and O–H groups in total. The third kappa shape index (κ3) is 4.57. The van der Waals surface area contributed by atoms with Gasteiger partial charge in [0.2, 0.25) is 5.91 Å². The van der Waals surface area contributed by atoms with Crippen molar-refractivity contribution in [3.05, 3.63) is 35.9 Å². The van der Waals surface area contributed by atoms with Gasteiger partial charge in [-0.2, -0.15) is 0 Å². The van der Waals surface area contributed by atoms with Gasteiger partial charge in [-0.3, -0.25) is 4.79 Å². The summed E-state index contributed by atoms with van der Waals surface area (Å²) in [6, 6.07) is 8.94. The lowest BCUT2D eigenvalue weighted by Gasteiger charge is -2.17. The molecule has 1 aromatic carbocycles. The predicted octanol–water partition coefficient (Wildman–Crippen LogP) is 1.69. The molecule has 1 atom stereocenters. The van der Waals surface area contributed by atoms with Crippen LogP contribution in [0.25, 0.3) is 0 Å². The number of benzene rings is 1. The molecular formula is C14H19NO3. The smallest absolute Gasteiger partial charge is 0.328 e. The van der Waals surface area contributed by atoms with Crippen molar-refractivity contribution in [3.8, 4) is 0 Å². The second-order valence-electron chi connectivity index (χ2n) is 3.92. The zero-order valence-electron chi connectivity index (χ0n) is 10.8. The van der Waals surface area contributed by atoms with Crippen LogP contribution in [0.2, 0.25) is 0 Å². The average Bonchev–Trinajstić information content (AvgIpc) is 2.39. The van der Waals surface area contributed by atoms with Crippen LogP contribution in [-0.4, -0.2) is 24.5 Å². The van der Waals surface area contributed by atoms with E-state index in [4.69, 9.17) is 4.74 Å². The van der Waals surface area contributed by atoms with E-state index < -0.39 is 6.04 Å². The summed E-state index contributed by atoms with van der Waals surface area (Å²) in [5.74, 6) is -0.535. The van der Waals surface area contributed by atoms with Crippen LogP contribution < -0.4 is 5.32 Å². The second kappa shape index (κ2) is 7.48. The van der Waals surface area contributed by atoms with E-state index in [1.54, 1.807) is 13.8 Å². The maximum atomic E-state index is 11.8. The van der Waals surface area contributed by atoms with E-state index >= 15 is 0 Å². The Morgan fingerprint density at radius 2 is 1.89 bits per heavy atom.